The Hall–Kier alpha value is -2.24. The molecule has 2 heterocycles. The van der Waals surface area contributed by atoms with Gasteiger partial charge in [-0.1, -0.05) is 6.92 Å². The zero-order chi connectivity index (χ0) is 15.9. The van der Waals surface area contributed by atoms with Crippen molar-refractivity contribution >= 4 is 11.7 Å². The lowest BCUT2D eigenvalue weighted by molar-refractivity contribution is 0.503. The molecule has 0 bridgehead atoms. The van der Waals surface area contributed by atoms with Crippen LogP contribution in [-0.2, 0) is 7.05 Å². The van der Waals surface area contributed by atoms with E-state index in [0.717, 1.165) is 0 Å². The van der Waals surface area contributed by atoms with E-state index in [9.17, 15) is 8.78 Å². The minimum absolute atomic E-state index is 0.103. The average Bonchev–Trinajstić information content (AvgIpc) is 2.98. The molecule has 0 fully saturated rings. The van der Waals surface area contributed by atoms with Gasteiger partial charge in [-0.3, -0.25) is 9.67 Å². The Morgan fingerprint density at radius 1 is 1.27 bits per heavy atom. The second-order valence-electron chi connectivity index (χ2n) is 5.76. The van der Waals surface area contributed by atoms with Gasteiger partial charge in [-0.2, -0.15) is 5.10 Å². The zero-order valence-corrected chi connectivity index (χ0v) is 12.8. The van der Waals surface area contributed by atoms with E-state index in [1.54, 1.807) is 11.6 Å². The number of hydrogen-bond donors (Lipinski definition) is 1. The molecule has 1 N–H and O–H groups in total. The van der Waals surface area contributed by atoms with Crippen molar-refractivity contribution in [2.75, 3.05) is 11.9 Å². The first kappa shape index (κ1) is 14.7. The molecule has 1 aliphatic heterocycles. The first-order valence-corrected chi connectivity index (χ1v) is 7.22. The number of hydrogen-bond acceptors (Lipinski definition) is 3. The van der Waals surface area contributed by atoms with Gasteiger partial charge < -0.3 is 5.32 Å². The summed E-state index contributed by atoms with van der Waals surface area (Å²) in [7, 11) is 1.82. The Labute approximate surface area is 127 Å². The molecule has 1 aromatic heterocycles. The Morgan fingerprint density at radius 3 is 2.55 bits per heavy atom. The molecule has 1 aromatic carbocycles. The summed E-state index contributed by atoms with van der Waals surface area (Å²) in [5.74, 6) is -0.00512. The van der Waals surface area contributed by atoms with Gasteiger partial charge in [0.05, 0.1) is 0 Å². The molecule has 1 aliphatic rings. The van der Waals surface area contributed by atoms with Crippen molar-refractivity contribution in [2.45, 2.75) is 19.8 Å². The summed E-state index contributed by atoms with van der Waals surface area (Å²) < 4.78 is 30.0. The monoisotopic (exact) mass is 304 g/mol. The highest BCUT2D eigenvalue weighted by Crippen LogP contribution is 2.35. The summed E-state index contributed by atoms with van der Waals surface area (Å²) in [5.41, 5.74) is 0.705. The fourth-order valence-corrected chi connectivity index (χ4v) is 2.86. The fraction of sp³-hybridized carbons (Fsp3) is 0.375. The van der Waals surface area contributed by atoms with E-state index >= 15 is 0 Å². The molecule has 0 amide bonds. The van der Waals surface area contributed by atoms with Crippen molar-refractivity contribution in [1.29, 1.82) is 0 Å². The first-order valence-electron chi connectivity index (χ1n) is 7.22. The van der Waals surface area contributed by atoms with E-state index in [2.05, 4.69) is 15.4 Å². The minimum atomic E-state index is -0.497. The van der Waals surface area contributed by atoms with E-state index in [1.165, 1.54) is 12.1 Å². The van der Waals surface area contributed by atoms with Crippen LogP contribution in [0, 0.1) is 24.5 Å². The number of aryl methyl sites for hydroxylation is 2. The van der Waals surface area contributed by atoms with Crippen LogP contribution in [0.1, 0.15) is 24.0 Å². The lowest BCUT2D eigenvalue weighted by atomic mass is 9.87. The number of anilines is 1. The van der Waals surface area contributed by atoms with Gasteiger partial charge in [-0.25, -0.2) is 8.78 Å². The largest absolute Gasteiger partial charge is 0.327 e. The third-order valence-corrected chi connectivity index (χ3v) is 4.06. The Bertz CT molecular complexity index is 712. The molecule has 0 saturated heterocycles. The molecule has 0 aliphatic carbocycles. The number of aromatic nitrogens is 2. The molecule has 6 heteroatoms. The molecule has 22 heavy (non-hydrogen) atoms. The summed E-state index contributed by atoms with van der Waals surface area (Å²) in [5, 5.41) is 7.36. The summed E-state index contributed by atoms with van der Waals surface area (Å²) in [6, 6.07) is 4.57. The lowest BCUT2D eigenvalue weighted by Crippen LogP contribution is -2.22. The molecule has 3 rings (SSSR count). The van der Waals surface area contributed by atoms with Crippen LogP contribution in [0.25, 0.3) is 0 Å². The summed E-state index contributed by atoms with van der Waals surface area (Å²) in [4.78, 5) is 4.41. The highest BCUT2D eigenvalue weighted by molar-refractivity contribution is 5.98. The summed E-state index contributed by atoms with van der Waals surface area (Å²) in [6.45, 7) is 3.97. The van der Waals surface area contributed by atoms with E-state index in [0.29, 0.717) is 23.8 Å². The predicted molar refractivity (Wildman–Crippen MR) is 82.1 cm³/mol. The summed E-state index contributed by atoms with van der Waals surface area (Å²) >= 11 is 0. The standard InChI is InChI=1S/C16H18F2N4/c1-9-6-12(17)15(13(18)7-9)11-8-19-16(10(11)2)20-14-4-5-22(3)21-14/h4-7,10-11H,8H2,1-3H3,(H,19,20,21)/t10-,11+/m0/s1. The number of amidine groups is 1. The number of benzene rings is 1. The summed E-state index contributed by atoms with van der Waals surface area (Å²) in [6.07, 6.45) is 1.82. The number of nitrogens with zero attached hydrogens (tertiary/aromatic N) is 3. The van der Waals surface area contributed by atoms with Gasteiger partial charge in [-0.05, 0) is 24.6 Å². The van der Waals surface area contributed by atoms with Crippen molar-refractivity contribution in [3.63, 3.8) is 0 Å². The quantitative estimate of drug-likeness (QED) is 0.925. The number of rotatable bonds is 2. The zero-order valence-electron chi connectivity index (χ0n) is 12.8. The Kier molecular flexibility index (Phi) is 3.68. The van der Waals surface area contributed by atoms with Crippen molar-refractivity contribution in [1.82, 2.24) is 9.78 Å². The number of halogens is 2. The maximum Gasteiger partial charge on any atom is 0.153 e. The van der Waals surface area contributed by atoms with E-state index < -0.39 is 11.6 Å². The first-order chi connectivity index (χ1) is 10.5. The predicted octanol–water partition coefficient (Wildman–Crippen LogP) is 3.25. The minimum Gasteiger partial charge on any atom is -0.327 e. The molecule has 4 nitrogen and oxygen atoms in total. The van der Waals surface area contributed by atoms with Crippen LogP contribution in [-0.4, -0.2) is 22.2 Å². The van der Waals surface area contributed by atoms with Crippen LogP contribution in [0.4, 0.5) is 14.6 Å². The number of nitrogens with one attached hydrogen (secondary N) is 1. The van der Waals surface area contributed by atoms with Crippen LogP contribution < -0.4 is 5.32 Å². The van der Waals surface area contributed by atoms with Crippen molar-refractivity contribution in [2.24, 2.45) is 18.0 Å². The van der Waals surface area contributed by atoms with Gasteiger partial charge in [0, 0.05) is 43.3 Å². The van der Waals surface area contributed by atoms with Crippen LogP contribution in [0.2, 0.25) is 0 Å². The SMILES string of the molecule is Cc1cc(F)c([C@@H]2CN=C(Nc3ccn(C)n3)[C@H]2C)c(F)c1. The molecular weight excluding hydrogens is 286 g/mol. The van der Waals surface area contributed by atoms with Crippen LogP contribution >= 0.6 is 0 Å². The second-order valence-corrected chi connectivity index (χ2v) is 5.76. The maximum absolute atomic E-state index is 14.2. The van der Waals surface area contributed by atoms with E-state index in [4.69, 9.17) is 0 Å². The van der Waals surface area contributed by atoms with Crippen LogP contribution in [0.3, 0.4) is 0 Å². The lowest BCUT2D eigenvalue weighted by Gasteiger charge is -2.19. The maximum atomic E-state index is 14.2. The highest BCUT2D eigenvalue weighted by Gasteiger charge is 2.33. The second kappa shape index (κ2) is 5.51. The molecule has 2 aromatic rings. The topological polar surface area (TPSA) is 42.2 Å². The Balaban J connectivity index is 1.82. The van der Waals surface area contributed by atoms with Gasteiger partial charge in [0.25, 0.3) is 0 Å². The van der Waals surface area contributed by atoms with Gasteiger partial charge in [0.15, 0.2) is 5.82 Å². The van der Waals surface area contributed by atoms with E-state index in [-0.39, 0.29) is 17.4 Å². The van der Waals surface area contributed by atoms with Crippen LogP contribution in [0.5, 0.6) is 0 Å². The van der Waals surface area contributed by atoms with Gasteiger partial charge >= 0.3 is 0 Å². The fourth-order valence-electron chi connectivity index (χ4n) is 2.86. The van der Waals surface area contributed by atoms with E-state index in [1.807, 2.05) is 26.2 Å². The van der Waals surface area contributed by atoms with Gasteiger partial charge in [-0.15, -0.1) is 0 Å². The number of aliphatic imine (C=N–C) groups is 1. The van der Waals surface area contributed by atoms with Crippen molar-refractivity contribution in [3.8, 4) is 0 Å². The molecule has 0 spiro atoms. The van der Waals surface area contributed by atoms with Crippen molar-refractivity contribution in [3.05, 3.63) is 47.2 Å². The molecule has 2 atom stereocenters. The molecule has 0 unspecified atom stereocenters. The van der Waals surface area contributed by atoms with Crippen molar-refractivity contribution < 1.29 is 8.78 Å². The van der Waals surface area contributed by atoms with Gasteiger partial charge in [0.2, 0.25) is 0 Å². The molecule has 0 radical (unpaired) electrons. The average molecular weight is 304 g/mol. The van der Waals surface area contributed by atoms with Crippen LogP contribution in [0.15, 0.2) is 29.4 Å². The third kappa shape index (κ3) is 2.61. The third-order valence-electron chi connectivity index (χ3n) is 4.06. The highest BCUT2D eigenvalue weighted by atomic mass is 19.1. The van der Waals surface area contributed by atoms with Gasteiger partial charge in [0.1, 0.15) is 17.5 Å². The normalized spacial score (nSPS) is 21.0. The molecule has 116 valence electrons. The molecular formula is C16H18F2N4. The smallest absolute Gasteiger partial charge is 0.153 e. The molecule has 0 saturated carbocycles. The Morgan fingerprint density at radius 2 is 1.95 bits per heavy atom.